The molecule has 1 atom stereocenters. The van der Waals surface area contributed by atoms with Gasteiger partial charge in [0.05, 0.1) is 0 Å². The Hall–Kier alpha value is -0.540. The van der Waals surface area contributed by atoms with E-state index in [0.717, 1.165) is 19.5 Å². The van der Waals surface area contributed by atoms with Crippen LogP contribution in [0.25, 0.3) is 0 Å². The summed E-state index contributed by atoms with van der Waals surface area (Å²) in [5, 5.41) is 6.12. The average molecular weight is 203 g/mol. The Bertz CT molecular complexity index is 194. The van der Waals surface area contributed by atoms with E-state index in [1.165, 1.54) is 0 Å². The van der Waals surface area contributed by atoms with Crippen molar-refractivity contribution in [2.24, 2.45) is 0 Å². The van der Waals surface area contributed by atoms with Crippen molar-refractivity contribution < 1.29 is 4.79 Å². The van der Waals surface area contributed by atoms with Gasteiger partial charge in [-0.15, -0.1) is 11.6 Å². The molecule has 0 aliphatic carbocycles. The highest BCUT2D eigenvalue weighted by Gasteiger charge is 2.19. The first-order chi connectivity index (χ1) is 6.33. The number of allylic oxidation sites excluding steroid dienone is 1. The molecule has 1 aliphatic rings. The van der Waals surface area contributed by atoms with Gasteiger partial charge in [0.15, 0.2) is 0 Å². The number of alkyl halides is 1. The van der Waals surface area contributed by atoms with Crippen LogP contribution < -0.4 is 10.6 Å². The van der Waals surface area contributed by atoms with Gasteiger partial charge < -0.3 is 10.6 Å². The van der Waals surface area contributed by atoms with Crippen molar-refractivity contribution >= 4 is 17.5 Å². The van der Waals surface area contributed by atoms with Crippen molar-refractivity contribution in [2.75, 3.05) is 19.0 Å². The summed E-state index contributed by atoms with van der Waals surface area (Å²) in [5.41, 5.74) is 0. The topological polar surface area (TPSA) is 41.1 Å². The van der Waals surface area contributed by atoms with Gasteiger partial charge in [-0.05, 0) is 6.42 Å². The molecule has 74 valence electrons. The number of halogens is 1. The van der Waals surface area contributed by atoms with E-state index in [2.05, 4.69) is 10.6 Å². The number of amides is 1. The molecule has 1 aliphatic heterocycles. The second-order valence-corrected chi connectivity index (χ2v) is 3.40. The van der Waals surface area contributed by atoms with Gasteiger partial charge in [-0.1, -0.05) is 12.2 Å². The number of rotatable bonds is 5. The van der Waals surface area contributed by atoms with Gasteiger partial charge in [-0.2, -0.15) is 0 Å². The van der Waals surface area contributed by atoms with E-state index in [1.54, 1.807) is 0 Å². The molecule has 0 aromatic rings. The predicted octanol–water partition coefficient (Wildman–Crippen LogP) is 0.650. The first kappa shape index (κ1) is 10.5. The molecule has 4 heteroatoms. The lowest BCUT2D eigenvalue weighted by Crippen LogP contribution is -2.35. The fraction of sp³-hybridized carbons (Fsp3) is 0.667. The monoisotopic (exact) mass is 202 g/mol. The second kappa shape index (κ2) is 6.00. The summed E-state index contributed by atoms with van der Waals surface area (Å²) < 4.78 is 0. The van der Waals surface area contributed by atoms with E-state index >= 15 is 0 Å². The van der Waals surface area contributed by atoms with Crippen molar-refractivity contribution in [1.82, 2.24) is 10.6 Å². The molecule has 1 amide bonds. The highest BCUT2D eigenvalue weighted by molar-refractivity contribution is 6.18. The van der Waals surface area contributed by atoms with Crippen LogP contribution in [-0.4, -0.2) is 30.9 Å². The van der Waals surface area contributed by atoms with Gasteiger partial charge in [0, 0.05) is 31.4 Å². The highest BCUT2D eigenvalue weighted by atomic mass is 35.5. The molecular formula is C9H15ClN2O. The summed E-state index contributed by atoms with van der Waals surface area (Å²) in [4.78, 5) is 10.8. The van der Waals surface area contributed by atoms with Gasteiger partial charge in [0.1, 0.15) is 0 Å². The molecule has 3 nitrogen and oxygen atoms in total. The Morgan fingerprint density at radius 2 is 2.46 bits per heavy atom. The van der Waals surface area contributed by atoms with Gasteiger partial charge in [-0.3, -0.25) is 4.79 Å². The second-order valence-electron chi connectivity index (χ2n) is 3.09. The molecule has 1 fully saturated rings. The van der Waals surface area contributed by atoms with Gasteiger partial charge in [0.2, 0.25) is 5.91 Å². The first-order valence-corrected chi connectivity index (χ1v) is 5.07. The van der Waals surface area contributed by atoms with E-state index < -0.39 is 0 Å². The summed E-state index contributed by atoms with van der Waals surface area (Å²) >= 11 is 5.46. The maximum absolute atomic E-state index is 10.8. The molecule has 13 heavy (non-hydrogen) atoms. The van der Waals surface area contributed by atoms with Gasteiger partial charge in [-0.25, -0.2) is 0 Å². The van der Waals surface area contributed by atoms with Crippen molar-refractivity contribution in [1.29, 1.82) is 0 Å². The van der Waals surface area contributed by atoms with Crippen LogP contribution in [0.5, 0.6) is 0 Å². The zero-order valence-corrected chi connectivity index (χ0v) is 8.31. The Morgan fingerprint density at radius 3 is 3.08 bits per heavy atom. The Balaban J connectivity index is 2.00. The van der Waals surface area contributed by atoms with Crippen LogP contribution in [-0.2, 0) is 4.79 Å². The molecule has 0 radical (unpaired) electrons. The molecular weight excluding hydrogens is 188 g/mol. The lowest BCUT2D eigenvalue weighted by atomic mass is 10.2. The normalized spacial score (nSPS) is 22.5. The zero-order chi connectivity index (χ0) is 9.52. The summed E-state index contributed by atoms with van der Waals surface area (Å²) in [6, 6.07) is 0.317. The largest absolute Gasteiger partial charge is 0.352 e. The number of hydrogen-bond donors (Lipinski definition) is 2. The van der Waals surface area contributed by atoms with E-state index in [9.17, 15) is 4.79 Å². The average Bonchev–Trinajstić information content (AvgIpc) is 2.51. The molecule has 0 bridgehead atoms. The van der Waals surface area contributed by atoms with Crippen LogP contribution in [0.3, 0.4) is 0 Å². The molecule has 1 unspecified atom stereocenters. The van der Waals surface area contributed by atoms with Crippen molar-refractivity contribution in [3.05, 3.63) is 12.2 Å². The summed E-state index contributed by atoms with van der Waals surface area (Å²) in [5.74, 6) is 0.727. The fourth-order valence-corrected chi connectivity index (χ4v) is 1.44. The zero-order valence-electron chi connectivity index (χ0n) is 7.55. The van der Waals surface area contributed by atoms with Crippen molar-refractivity contribution in [2.45, 2.75) is 18.9 Å². The van der Waals surface area contributed by atoms with Crippen molar-refractivity contribution in [3.63, 3.8) is 0 Å². The molecule has 2 N–H and O–H groups in total. The maximum Gasteiger partial charge on any atom is 0.220 e. The van der Waals surface area contributed by atoms with Crippen LogP contribution in [0.4, 0.5) is 0 Å². The van der Waals surface area contributed by atoms with E-state index in [4.69, 9.17) is 11.6 Å². The van der Waals surface area contributed by atoms with E-state index in [0.29, 0.717) is 18.3 Å². The van der Waals surface area contributed by atoms with Crippen LogP contribution in [0.2, 0.25) is 0 Å². The molecule has 1 rings (SSSR count). The molecule has 1 saturated heterocycles. The van der Waals surface area contributed by atoms with Gasteiger partial charge in [0.25, 0.3) is 0 Å². The smallest absolute Gasteiger partial charge is 0.220 e. The number of carbonyl (C=O) groups is 1. The Kier molecular flexibility index (Phi) is 4.86. The molecule has 0 aromatic carbocycles. The third-order valence-corrected chi connectivity index (χ3v) is 2.17. The van der Waals surface area contributed by atoms with Crippen molar-refractivity contribution in [3.8, 4) is 0 Å². The van der Waals surface area contributed by atoms with Crippen LogP contribution in [0, 0.1) is 0 Å². The summed E-state index contributed by atoms with van der Waals surface area (Å²) in [6.45, 7) is 1.66. The number of carbonyl (C=O) groups excluding carboxylic acids is 1. The molecule has 0 saturated carbocycles. The van der Waals surface area contributed by atoms with E-state index in [-0.39, 0.29) is 5.91 Å². The minimum Gasteiger partial charge on any atom is -0.352 e. The molecule has 0 aromatic heterocycles. The third-order valence-electron chi connectivity index (χ3n) is 1.99. The number of hydrogen-bond acceptors (Lipinski definition) is 2. The summed E-state index contributed by atoms with van der Waals surface area (Å²) in [7, 11) is 0. The van der Waals surface area contributed by atoms with Gasteiger partial charge >= 0.3 is 0 Å². The standard InChI is InChI=1S/C9H15ClN2O/c10-5-1-2-6-11-7-8-3-4-9(13)12-8/h1-2,8,11H,3-7H2,(H,12,13)/b2-1+. The fourth-order valence-electron chi connectivity index (χ4n) is 1.32. The van der Waals surface area contributed by atoms with E-state index in [1.807, 2.05) is 12.2 Å². The highest BCUT2D eigenvalue weighted by Crippen LogP contribution is 2.04. The molecule has 0 spiro atoms. The molecule has 1 heterocycles. The third kappa shape index (κ3) is 4.29. The lowest BCUT2D eigenvalue weighted by Gasteiger charge is -2.09. The lowest BCUT2D eigenvalue weighted by molar-refractivity contribution is -0.119. The van der Waals surface area contributed by atoms with Crippen LogP contribution in [0.15, 0.2) is 12.2 Å². The SMILES string of the molecule is O=C1CCC(CNC/C=C/CCl)N1. The minimum absolute atomic E-state index is 0.170. The maximum atomic E-state index is 10.8. The predicted molar refractivity (Wildman–Crippen MR) is 53.9 cm³/mol. The van der Waals surface area contributed by atoms with Crippen LogP contribution >= 0.6 is 11.6 Å². The van der Waals surface area contributed by atoms with Crippen LogP contribution in [0.1, 0.15) is 12.8 Å². The number of nitrogens with one attached hydrogen (secondary N) is 2. The quantitative estimate of drug-likeness (QED) is 0.391. The Morgan fingerprint density at radius 1 is 1.62 bits per heavy atom. The first-order valence-electron chi connectivity index (χ1n) is 4.54. The Labute approximate surface area is 83.5 Å². The minimum atomic E-state index is 0.170. The summed E-state index contributed by atoms with van der Waals surface area (Å²) in [6.07, 6.45) is 5.51.